The Bertz CT molecular complexity index is 1540. The molecule has 5 amide bonds. The minimum atomic E-state index is -3.64. The van der Waals surface area contributed by atoms with Gasteiger partial charge >= 0.3 is 6.03 Å². The number of carbonyl (C=O) groups is 5. The maximum Gasteiger partial charge on any atom is 0.315 e. The van der Waals surface area contributed by atoms with Gasteiger partial charge < -0.3 is 26.2 Å². The van der Waals surface area contributed by atoms with Crippen molar-refractivity contribution in [3.63, 3.8) is 0 Å². The summed E-state index contributed by atoms with van der Waals surface area (Å²) in [4.78, 5) is 70.8. The first-order valence-corrected chi connectivity index (χ1v) is 20.8. The minimum Gasteiger partial charge on any atom is -0.349 e. The van der Waals surface area contributed by atoms with Gasteiger partial charge in [0.1, 0.15) is 17.6 Å². The molecule has 12 nitrogen and oxygen atoms in total. The third-order valence-corrected chi connectivity index (χ3v) is 16.2. The Kier molecular flexibility index (Phi) is 10.3. The van der Waals surface area contributed by atoms with Gasteiger partial charge in [-0.2, -0.15) is 0 Å². The third kappa shape index (κ3) is 7.30. The molecule has 1 heterocycles. The zero-order valence-corrected chi connectivity index (χ0v) is 33.3. The molecule has 0 radical (unpaired) electrons. The number of Topliss-reactive ketones (excluding diaryl/α,β-unsaturated/α-hetero) is 1. The Morgan fingerprint density at radius 3 is 2.04 bits per heavy atom. The van der Waals surface area contributed by atoms with Crippen molar-refractivity contribution in [1.29, 1.82) is 0 Å². The van der Waals surface area contributed by atoms with Crippen molar-refractivity contribution in [2.24, 2.45) is 34.5 Å². The highest BCUT2D eigenvalue weighted by Crippen LogP contribution is 2.65. The summed E-state index contributed by atoms with van der Waals surface area (Å²) in [7, 11) is -3.64. The van der Waals surface area contributed by atoms with Gasteiger partial charge in [0.05, 0.1) is 15.5 Å². The standard InChI is InChI=1S/C38H63N5O7S/c1-11-24-19-38(24,29(44)31(46)39-20-23-15-16-23)41-30(45)27-26-25(36(26,9)10)21-43(27)32(47)28(34(3,4)5)40-33(48)42-37(17-13-12-14-18-37)22(2)51(49,50)35(6,7)8/h22-28H,11-21H2,1-10H3,(H,39,46)(H,41,45)(H2,40,42,48)/t22-,24+,25?,26?,27+,28+,38?/m1/s1. The Hall–Kier alpha value is -2.70. The number of carbonyl (C=O) groups excluding carboxylic acids is 5. The first-order valence-electron chi connectivity index (χ1n) is 19.2. The van der Waals surface area contributed by atoms with Crippen molar-refractivity contribution < 1.29 is 32.4 Å². The number of likely N-dealkylation sites (tertiary alicyclic amines) is 1. The van der Waals surface area contributed by atoms with Crippen molar-refractivity contribution in [3.05, 3.63) is 0 Å². The number of urea groups is 1. The fourth-order valence-electron chi connectivity index (χ4n) is 9.11. The number of nitrogens with one attached hydrogen (secondary N) is 4. The average molecular weight is 734 g/mol. The maximum absolute atomic E-state index is 14.6. The summed E-state index contributed by atoms with van der Waals surface area (Å²) in [6.45, 7) is 19.1. The van der Waals surface area contributed by atoms with Gasteiger partial charge in [0.15, 0.2) is 9.84 Å². The Balaban J connectivity index is 1.36. The predicted molar refractivity (Wildman–Crippen MR) is 195 cm³/mol. The highest BCUT2D eigenvalue weighted by Gasteiger charge is 2.71. The van der Waals surface area contributed by atoms with Gasteiger partial charge in [-0.05, 0) is 94.3 Å². The number of piperidine rings is 1. The Morgan fingerprint density at radius 2 is 1.53 bits per heavy atom. The number of hydrogen-bond acceptors (Lipinski definition) is 7. The lowest BCUT2D eigenvalue weighted by molar-refractivity contribution is -0.146. The van der Waals surface area contributed by atoms with Gasteiger partial charge in [-0.1, -0.05) is 67.2 Å². The highest BCUT2D eigenvalue weighted by molar-refractivity contribution is 7.93. The smallest absolute Gasteiger partial charge is 0.315 e. The molecule has 0 spiro atoms. The molecule has 5 aliphatic rings. The molecule has 1 aliphatic heterocycles. The summed E-state index contributed by atoms with van der Waals surface area (Å²) in [6, 6.07) is -2.51. The van der Waals surface area contributed by atoms with Crippen LogP contribution in [0.3, 0.4) is 0 Å². The van der Waals surface area contributed by atoms with E-state index in [0.29, 0.717) is 44.7 Å². The summed E-state index contributed by atoms with van der Waals surface area (Å²) in [5.74, 6) is -1.99. The number of amides is 5. The largest absolute Gasteiger partial charge is 0.349 e. The normalized spacial score (nSPS) is 30.7. The molecule has 13 heteroatoms. The molecule has 4 saturated carbocycles. The second kappa shape index (κ2) is 13.3. The van der Waals surface area contributed by atoms with E-state index in [-0.39, 0.29) is 23.2 Å². The molecule has 7 atom stereocenters. The number of hydrogen-bond donors (Lipinski definition) is 4. The molecule has 4 aliphatic carbocycles. The van der Waals surface area contributed by atoms with Gasteiger partial charge in [-0.15, -0.1) is 0 Å². The van der Waals surface area contributed by atoms with Crippen LogP contribution in [0.25, 0.3) is 0 Å². The third-order valence-electron chi connectivity index (χ3n) is 13.2. The zero-order valence-electron chi connectivity index (χ0n) is 32.5. The number of rotatable bonds is 12. The SMILES string of the molecule is CC[C@H]1CC1(NC(=O)[C@@H]1C2C(CN1C(=O)[C@H](NC(=O)NC1([C@@H](C)S(=O)(=O)C(C)(C)C)CCCCC1)C(C)(C)C)C2(C)C)C(=O)C(=O)NCC1CC1. The molecule has 4 N–H and O–H groups in total. The molecular formula is C38H63N5O7S. The lowest BCUT2D eigenvalue weighted by atomic mass is 9.79. The predicted octanol–water partition coefficient (Wildman–Crippen LogP) is 3.87. The van der Waals surface area contributed by atoms with E-state index < -0.39 is 77.9 Å². The van der Waals surface area contributed by atoms with E-state index in [1.165, 1.54) is 0 Å². The summed E-state index contributed by atoms with van der Waals surface area (Å²) in [5, 5.41) is 10.9. The van der Waals surface area contributed by atoms with E-state index in [2.05, 4.69) is 35.1 Å². The van der Waals surface area contributed by atoms with Crippen molar-refractivity contribution in [1.82, 2.24) is 26.2 Å². The first kappa shape index (κ1) is 39.5. The van der Waals surface area contributed by atoms with E-state index in [1.54, 1.807) is 32.6 Å². The highest BCUT2D eigenvalue weighted by atomic mass is 32.2. The Labute approximate surface area is 305 Å². The summed E-state index contributed by atoms with van der Waals surface area (Å²) >= 11 is 0. The van der Waals surface area contributed by atoms with Crippen LogP contribution < -0.4 is 21.3 Å². The minimum absolute atomic E-state index is 0.0651. The van der Waals surface area contributed by atoms with E-state index in [4.69, 9.17) is 0 Å². The van der Waals surface area contributed by atoms with Crippen molar-refractivity contribution in [3.8, 4) is 0 Å². The number of ketones is 1. The van der Waals surface area contributed by atoms with E-state index in [9.17, 15) is 32.4 Å². The molecular weight excluding hydrogens is 671 g/mol. The fourth-order valence-corrected chi connectivity index (χ4v) is 11.1. The first-order chi connectivity index (χ1) is 23.4. The molecule has 5 fully saturated rings. The van der Waals surface area contributed by atoms with Gasteiger partial charge in [-0.3, -0.25) is 19.2 Å². The van der Waals surface area contributed by atoms with E-state index in [1.807, 2.05) is 27.7 Å². The lowest BCUT2D eigenvalue weighted by Gasteiger charge is -2.45. The lowest BCUT2D eigenvalue weighted by Crippen LogP contribution is -2.66. The molecule has 0 aromatic rings. The maximum atomic E-state index is 14.6. The van der Waals surface area contributed by atoms with Crippen LogP contribution in [-0.2, 0) is 29.0 Å². The van der Waals surface area contributed by atoms with Crippen LogP contribution in [0.1, 0.15) is 127 Å². The van der Waals surface area contributed by atoms with Crippen LogP contribution in [0.2, 0.25) is 0 Å². The van der Waals surface area contributed by atoms with Gasteiger partial charge in [-0.25, -0.2) is 13.2 Å². The Morgan fingerprint density at radius 1 is 0.922 bits per heavy atom. The molecule has 1 saturated heterocycles. The summed E-state index contributed by atoms with van der Waals surface area (Å²) in [6.07, 6.45) is 6.58. The van der Waals surface area contributed by atoms with Crippen molar-refractivity contribution >= 4 is 39.4 Å². The molecule has 0 bridgehead atoms. The molecule has 5 rings (SSSR count). The summed E-state index contributed by atoms with van der Waals surface area (Å²) < 4.78 is 26.3. The van der Waals surface area contributed by atoms with Crippen LogP contribution >= 0.6 is 0 Å². The second-order valence-corrected chi connectivity index (χ2v) is 22.1. The molecule has 0 aromatic carbocycles. The van der Waals surface area contributed by atoms with Crippen molar-refractivity contribution in [2.75, 3.05) is 13.1 Å². The summed E-state index contributed by atoms with van der Waals surface area (Å²) in [5.41, 5.74) is -3.24. The van der Waals surface area contributed by atoms with Gasteiger partial charge in [0, 0.05) is 13.1 Å². The topological polar surface area (TPSA) is 171 Å². The quantitative estimate of drug-likeness (QED) is 0.221. The second-order valence-electron chi connectivity index (χ2n) is 19.1. The zero-order chi connectivity index (χ0) is 38.1. The van der Waals surface area contributed by atoms with Crippen molar-refractivity contribution in [2.45, 2.75) is 160 Å². The van der Waals surface area contributed by atoms with Crippen LogP contribution in [0.4, 0.5) is 4.79 Å². The van der Waals surface area contributed by atoms with E-state index >= 15 is 0 Å². The van der Waals surface area contributed by atoms with Crippen LogP contribution in [0.15, 0.2) is 0 Å². The van der Waals surface area contributed by atoms with Crippen LogP contribution in [0, 0.1) is 34.5 Å². The molecule has 288 valence electrons. The number of nitrogens with zero attached hydrogens (tertiary/aromatic N) is 1. The number of fused-ring (bicyclic) bond motifs is 1. The van der Waals surface area contributed by atoms with Gasteiger partial charge in [0.2, 0.25) is 17.6 Å². The molecule has 0 aromatic heterocycles. The molecule has 51 heavy (non-hydrogen) atoms. The van der Waals surface area contributed by atoms with Crippen LogP contribution in [-0.4, -0.2) is 89.1 Å². The number of sulfone groups is 1. The van der Waals surface area contributed by atoms with E-state index in [0.717, 1.165) is 32.1 Å². The fraction of sp³-hybridized carbons (Fsp3) is 0.868. The monoisotopic (exact) mass is 733 g/mol. The van der Waals surface area contributed by atoms with Crippen LogP contribution in [0.5, 0.6) is 0 Å². The van der Waals surface area contributed by atoms with Gasteiger partial charge in [0.25, 0.3) is 5.91 Å². The average Bonchev–Trinajstić information content (AvgIpc) is 3.99. The molecule has 3 unspecified atom stereocenters.